The minimum absolute atomic E-state index is 0.0626. The second kappa shape index (κ2) is 9.57. The van der Waals surface area contributed by atoms with Crippen molar-refractivity contribution in [1.29, 1.82) is 0 Å². The van der Waals surface area contributed by atoms with E-state index in [1.54, 1.807) is 12.1 Å². The van der Waals surface area contributed by atoms with Crippen molar-refractivity contribution < 1.29 is 38.4 Å². The number of phenols is 1. The molecule has 0 spiro atoms. The molecule has 4 rings (SSSR count). The zero-order valence-electron chi connectivity index (χ0n) is 16.1. The minimum atomic E-state index is -4.69. The average Bonchev–Trinajstić information content (AvgIpc) is 2.71. The van der Waals surface area contributed by atoms with Gasteiger partial charge >= 0.3 is 0 Å². The molecule has 8 nitrogen and oxygen atoms in total. The van der Waals surface area contributed by atoms with E-state index in [1.165, 1.54) is 25.5 Å². The van der Waals surface area contributed by atoms with Gasteiger partial charge < -0.3 is 9.52 Å². The average molecular weight is 436 g/mol. The fraction of sp³-hybridized carbons (Fsp3) is 0.286. The lowest BCUT2D eigenvalue weighted by Gasteiger charge is -2.26. The molecule has 0 atom stereocenters. The first kappa shape index (κ1) is 22.2. The van der Waals surface area contributed by atoms with Gasteiger partial charge in [-0.05, 0) is 43.6 Å². The molecule has 0 unspecified atom stereocenters. The lowest BCUT2D eigenvalue weighted by atomic mass is 10.0. The van der Waals surface area contributed by atoms with Crippen LogP contribution in [0.5, 0.6) is 5.75 Å². The van der Waals surface area contributed by atoms with Crippen molar-refractivity contribution in [2.75, 3.05) is 13.1 Å². The quantitative estimate of drug-likeness (QED) is 0.586. The van der Waals surface area contributed by atoms with Gasteiger partial charge in [0.1, 0.15) is 17.6 Å². The molecule has 160 valence electrons. The first-order chi connectivity index (χ1) is 14.2. The zero-order valence-corrected chi connectivity index (χ0v) is 16.9. The number of benzene rings is 2. The van der Waals surface area contributed by atoms with Crippen molar-refractivity contribution in [1.82, 2.24) is 4.90 Å². The molecule has 9 heteroatoms. The van der Waals surface area contributed by atoms with Crippen LogP contribution in [-0.4, -0.2) is 27.8 Å². The molecule has 1 fully saturated rings. The highest BCUT2D eigenvalue weighted by Gasteiger charge is 2.18. The van der Waals surface area contributed by atoms with E-state index in [2.05, 4.69) is 4.90 Å². The maximum Gasteiger partial charge on any atom is 0.200 e. The lowest BCUT2D eigenvalue weighted by molar-refractivity contribution is -1.92. The van der Waals surface area contributed by atoms with Crippen molar-refractivity contribution >= 4 is 11.0 Å². The van der Waals surface area contributed by atoms with Gasteiger partial charge in [0.05, 0.1) is 31.4 Å². The molecule has 2 heterocycles. The maximum absolute atomic E-state index is 12.9. The van der Waals surface area contributed by atoms with Crippen LogP contribution in [0.2, 0.25) is 0 Å². The summed E-state index contributed by atoms with van der Waals surface area (Å²) in [7, 11) is -4.69. The molecule has 1 aromatic heterocycles. The number of phenolic OH excluding ortho intramolecular Hbond substituents is 1. The van der Waals surface area contributed by atoms with Crippen LogP contribution >= 0.6 is 0 Å². The van der Waals surface area contributed by atoms with Crippen molar-refractivity contribution in [2.45, 2.75) is 25.8 Å². The summed E-state index contributed by atoms with van der Waals surface area (Å²) < 4.78 is 38.6. The molecule has 30 heavy (non-hydrogen) atoms. The molecular formula is C21H22ClNO7. The van der Waals surface area contributed by atoms with E-state index in [4.69, 9.17) is 23.1 Å². The van der Waals surface area contributed by atoms with Gasteiger partial charge in [0, 0.05) is 6.54 Å². The fourth-order valence-electron chi connectivity index (χ4n) is 3.56. The van der Waals surface area contributed by atoms with Crippen LogP contribution in [0.15, 0.2) is 57.9 Å². The summed E-state index contributed by atoms with van der Waals surface area (Å²) >= 11 is 0. The SMILES string of the molecule is O=c1c(-c2ccccc2)coc2c(CN3CCCCC3)c(O)ccc12.[O-][Cl+3]([O-])([O-])O. The van der Waals surface area contributed by atoms with Gasteiger partial charge in [0.2, 0.25) is 5.43 Å². The molecule has 2 N–H and O–H groups in total. The second-order valence-electron chi connectivity index (χ2n) is 7.02. The van der Waals surface area contributed by atoms with E-state index in [1.807, 2.05) is 30.3 Å². The largest absolute Gasteiger partial charge is 0.507 e. The van der Waals surface area contributed by atoms with E-state index in [-0.39, 0.29) is 11.2 Å². The van der Waals surface area contributed by atoms with E-state index < -0.39 is 10.2 Å². The number of halogens is 1. The topological polar surface area (TPSA) is 143 Å². The van der Waals surface area contributed by atoms with Crippen molar-refractivity contribution in [3.05, 3.63) is 64.5 Å². The van der Waals surface area contributed by atoms with Crippen LogP contribution in [0, 0.1) is 10.2 Å². The van der Waals surface area contributed by atoms with Gasteiger partial charge in [0.25, 0.3) is 0 Å². The van der Waals surface area contributed by atoms with Gasteiger partial charge in [0.15, 0.2) is 0 Å². The van der Waals surface area contributed by atoms with Crippen LogP contribution in [-0.2, 0) is 6.54 Å². The van der Waals surface area contributed by atoms with Gasteiger partial charge in [-0.2, -0.15) is 14.0 Å². The normalized spacial score (nSPS) is 14.9. The molecule has 1 aliphatic heterocycles. The third kappa shape index (κ3) is 5.79. The first-order valence-corrected chi connectivity index (χ1v) is 10.7. The van der Waals surface area contributed by atoms with Crippen LogP contribution < -0.4 is 19.4 Å². The summed E-state index contributed by atoms with van der Waals surface area (Å²) in [6, 6.07) is 12.8. The van der Waals surface area contributed by atoms with Gasteiger partial charge in [-0.1, -0.05) is 36.8 Å². The predicted octanol–water partition coefficient (Wildman–Crippen LogP) is 0.0275. The predicted molar refractivity (Wildman–Crippen MR) is 101 cm³/mol. The highest BCUT2D eigenvalue weighted by Crippen LogP contribution is 2.29. The standard InChI is InChI=1S/C21H21NO3.ClHO4/c23-19-10-9-16-20(24)18(15-7-3-1-4-8-15)14-25-21(16)17(19)13-22-11-5-2-6-12-22;2-1(3,4)5/h1,3-4,7-10,14,23H,2,5-6,11-13H2;(H,2,3,4,5). The Morgan fingerprint density at radius 3 is 2.27 bits per heavy atom. The Kier molecular flexibility index (Phi) is 7.09. The minimum Gasteiger partial charge on any atom is -0.507 e. The fourth-order valence-corrected chi connectivity index (χ4v) is 3.56. The lowest BCUT2D eigenvalue weighted by Crippen LogP contribution is -2.58. The molecule has 0 bridgehead atoms. The van der Waals surface area contributed by atoms with Crippen LogP contribution in [0.1, 0.15) is 24.8 Å². The molecule has 0 aliphatic carbocycles. The summed E-state index contributed by atoms with van der Waals surface area (Å²) in [5.41, 5.74) is 2.52. The maximum atomic E-state index is 12.9. The van der Waals surface area contributed by atoms with Crippen molar-refractivity contribution in [3.63, 3.8) is 0 Å². The molecular weight excluding hydrogens is 414 g/mol. The van der Waals surface area contributed by atoms with Gasteiger partial charge in [-0.25, -0.2) is 0 Å². The Hall–Kier alpha value is -2.46. The molecule has 1 aliphatic rings. The van der Waals surface area contributed by atoms with Crippen molar-refractivity contribution in [3.8, 4) is 16.9 Å². The number of nitrogens with zero attached hydrogens (tertiary/aromatic N) is 1. The Morgan fingerprint density at radius 2 is 1.63 bits per heavy atom. The number of hydrogen-bond donors (Lipinski definition) is 2. The number of hydrogen-bond acceptors (Lipinski definition) is 8. The van der Waals surface area contributed by atoms with Crippen LogP contribution in [0.4, 0.5) is 0 Å². The number of fused-ring (bicyclic) bond motifs is 1. The van der Waals surface area contributed by atoms with E-state index >= 15 is 0 Å². The molecule has 0 amide bonds. The monoisotopic (exact) mass is 435 g/mol. The zero-order chi connectivity index (χ0) is 21.7. The Balaban J connectivity index is 0.000000461. The first-order valence-electron chi connectivity index (χ1n) is 9.41. The highest BCUT2D eigenvalue weighted by molar-refractivity contribution is 5.85. The third-order valence-electron chi connectivity index (χ3n) is 4.93. The molecule has 2 aromatic carbocycles. The van der Waals surface area contributed by atoms with Crippen LogP contribution in [0.3, 0.4) is 0 Å². The highest BCUT2D eigenvalue weighted by atomic mass is 35.7. The number of aromatic hydroxyl groups is 1. The molecule has 1 saturated heterocycles. The summed E-state index contributed by atoms with van der Waals surface area (Å²) in [5.74, 6) is 0.189. The third-order valence-corrected chi connectivity index (χ3v) is 4.93. The Bertz CT molecular complexity index is 1030. The number of rotatable bonds is 3. The number of likely N-dealkylation sites (tertiary alicyclic amines) is 1. The Morgan fingerprint density at radius 1 is 1.00 bits per heavy atom. The molecule has 0 saturated carbocycles. The second-order valence-corrected chi connectivity index (χ2v) is 7.81. The van der Waals surface area contributed by atoms with E-state index in [9.17, 15) is 9.90 Å². The van der Waals surface area contributed by atoms with E-state index in [0.717, 1.165) is 18.7 Å². The summed E-state index contributed by atoms with van der Waals surface area (Å²) in [5, 5.41) is 10.8. The summed E-state index contributed by atoms with van der Waals surface area (Å²) in [4.78, 5) is 15.2. The van der Waals surface area contributed by atoms with Gasteiger partial charge in [-0.3, -0.25) is 9.69 Å². The molecule has 3 aromatic rings. The smallest absolute Gasteiger partial charge is 0.200 e. The molecule has 0 radical (unpaired) electrons. The van der Waals surface area contributed by atoms with Gasteiger partial charge in [-0.15, -0.1) is 0 Å². The van der Waals surface area contributed by atoms with Crippen LogP contribution in [0.25, 0.3) is 22.1 Å². The summed E-state index contributed by atoms with van der Waals surface area (Å²) in [6.07, 6.45) is 5.12. The van der Waals surface area contributed by atoms with Crippen molar-refractivity contribution in [2.24, 2.45) is 0 Å². The Labute approximate surface area is 175 Å². The summed E-state index contributed by atoms with van der Waals surface area (Å²) in [6.45, 7) is 2.64. The number of piperidine rings is 1. The van der Waals surface area contributed by atoms with E-state index in [0.29, 0.717) is 28.6 Å².